The lowest BCUT2D eigenvalue weighted by atomic mass is 9.78. The Morgan fingerprint density at radius 2 is 1.07 bits per heavy atom. The molecule has 0 saturated heterocycles. The number of hydrogen-bond donors (Lipinski definition) is 1. The normalized spacial score (nSPS) is 12.1. The molecule has 0 amide bonds. The molecule has 230 valence electrons. The van der Waals surface area contributed by atoms with E-state index in [1.165, 1.54) is 36.4 Å². The summed E-state index contributed by atoms with van der Waals surface area (Å²) in [6, 6.07) is 32.7. The number of fused-ring (bicyclic) bond motifs is 2. The lowest BCUT2D eigenvalue weighted by Gasteiger charge is -2.26. The number of benzene rings is 6. The highest BCUT2D eigenvalue weighted by Gasteiger charge is 2.27. The molecule has 6 aromatic rings. The highest BCUT2D eigenvalue weighted by Crippen LogP contribution is 2.38. The van der Waals surface area contributed by atoms with Gasteiger partial charge in [0, 0.05) is 27.6 Å². The first-order chi connectivity index (χ1) is 21.9. The summed E-state index contributed by atoms with van der Waals surface area (Å²) in [6.07, 6.45) is 0. The minimum Gasteiger partial charge on any atom is -0.501 e. The third-order valence-electron chi connectivity index (χ3n) is 7.93. The van der Waals surface area contributed by atoms with Gasteiger partial charge in [-0.2, -0.15) is 16.8 Å². The molecule has 11 heteroatoms. The first-order valence-electron chi connectivity index (χ1n) is 14.1. The van der Waals surface area contributed by atoms with Gasteiger partial charge in [-0.3, -0.25) is 0 Å². The molecule has 46 heavy (non-hydrogen) atoms. The Hall–Kier alpha value is -5.44. The molecular weight excluding hydrogens is 625 g/mol. The van der Waals surface area contributed by atoms with E-state index in [-0.39, 0.29) is 43.5 Å². The summed E-state index contributed by atoms with van der Waals surface area (Å²) in [5, 5.41) is 21.2. The van der Waals surface area contributed by atoms with Crippen LogP contribution in [0.15, 0.2) is 131 Å². The quantitative estimate of drug-likeness (QED) is 0.129. The number of phenols is 1. The fraction of sp³-hybridized carbons (Fsp3) is 0.0857. The molecule has 6 aromatic carbocycles. The number of hydrogen-bond acceptors (Lipinski definition) is 8. The molecular formula is C35H27N2O7S2+. The highest BCUT2D eigenvalue weighted by molar-refractivity contribution is 7.87. The predicted molar refractivity (Wildman–Crippen MR) is 175 cm³/mol. The summed E-state index contributed by atoms with van der Waals surface area (Å²) in [4.78, 5) is 2.94. The van der Waals surface area contributed by atoms with Crippen molar-refractivity contribution < 1.29 is 30.3 Å². The monoisotopic (exact) mass is 651 g/mol. The predicted octanol–water partition coefficient (Wildman–Crippen LogP) is 8.04. The average molecular weight is 652 g/mol. The Labute approximate surface area is 266 Å². The molecule has 0 spiro atoms. The van der Waals surface area contributed by atoms with Gasteiger partial charge in [-0.15, -0.1) is 0 Å². The zero-order valence-electron chi connectivity index (χ0n) is 24.7. The maximum absolute atomic E-state index is 13.2. The summed E-state index contributed by atoms with van der Waals surface area (Å²) in [5.74, 6) is -0.0926. The molecule has 0 aliphatic heterocycles. The Morgan fingerprint density at radius 3 is 1.63 bits per heavy atom. The average Bonchev–Trinajstić information content (AvgIpc) is 3.04. The second-order valence-corrected chi connectivity index (χ2v) is 14.1. The van der Waals surface area contributed by atoms with E-state index < -0.39 is 25.7 Å². The van der Waals surface area contributed by atoms with Crippen molar-refractivity contribution >= 4 is 47.5 Å². The zero-order chi connectivity index (χ0) is 32.7. The molecule has 0 aliphatic rings. The summed E-state index contributed by atoms with van der Waals surface area (Å²) in [6.45, 7) is 3.97. The van der Waals surface area contributed by atoms with Gasteiger partial charge in [0.2, 0.25) is 11.1 Å². The van der Waals surface area contributed by atoms with Crippen LogP contribution in [0.3, 0.4) is 0 Å². The smallest absolute Gasteiger partial charge is 0.426 e. The molecule has 0 aliphatic carbocycles. The van der Waals surface area contributed by atoms with Crippen LogP contribution in [-0.2, 0) is 25.7 Å². The Balaban J connectivity index is 1.20. The van der Waals surface area contributed by atoms with Gasteiger partial charge in [-0.1, -0.05) is 86.6 Å². The number of rotatable bonds is 8. The van der Waals surface area contributed by atoms with Crippen LogP contribution in [-0.4, -0.2) is 21.9 Å². The fourth-order valence-electron chi connectivity index (χ4n) is 5.38. The molecule has 0 heterocycles. The maximum atomic E-state index is 13.2. The minimum atomic E-state index is -4.30. The van der Waals surface area contributed by atoms with Crippen molar-refractivity contribution in [2.75, 3.05) is 0 Å². The van der Waals surface area contributed by atoms with Gasteiger partial charge in [0.25, 0.3) is 0 Å². The van der Waals surface area contributed by atoms with Crippen LogP contribution in [0.25, 0.3) is 26.5 Å². The molecule has 1 N–H and O–H groups in total. The molecule has 9 nitrogen and oxygen atoms in total. The molecule has 0 bridgehead atoms. The van der Waals surface area contributed by atoms with E-state index in [2.05, 4.69) is 4.98 Å². The van der Waals surface area contributed by atoms with Crippen molar-refractivity contribution in [3.8, 4) is 17.2 Å². The SMILES string of the molecule is CC(C)(c1ccc(OS(=O)(=O)c2cccc3ccccc23)cc1)c1ccc(OS(=O)(=O)c2cccc3c(O)c([N+]#N)ccc23)cc1. The van der Waals surface area contributed by atoms with Crippen molar-refractivity contribution in [3.05, 3.63) is 137 Å². The lowest BCUT2D eigenvalue weighted by Crippen LogP contribution is -2.19. The van der Waals surface area contributed by atoms with Crippen molar-refractivity contribution in [1.82, 2.24) is 0 Å². The van der Waals surface area contributed by atoms with E-state index in [0.29, 0.717) is 5.39 Å². The third-order valence-corrected chi connectivity index (χ3v) is 10.5. The van der Waals surface area contributed by atoms with Gasteiger partial charge in [0.15, 0.2) is 4.98 Å². The molecule has 0 fully saturated rings. The summed E-state index contributed by atoms with van der Waals surface area (Å²) in [5.41, 5.74) is 1.08. The molecule has 0 aromatic heterocycles. The van der Waals surface area contributed by atoms with Gasteiger partial charge < -0.3 is 13.5 Å². The number of nitrogens with zero attached hydrogens (tertiary/aromatic N) is 2. The molecule has 0 saturated carbocycles. The first-order valence-corrected chi connectivity index (χ1v) is 16.9. The van der Waals surface area contributed by atoms with E-state index in [1.54, 1.807) is 66.7 Å². The van der Waals surface area contributed by atoms with Crippen molar-refractivity contribution in [2.45, 2.75) is 29.1 Å². The lowest BCUT2D eigenvalue weighted by molar-refractivity contribution is 0.483. The molecule has 6 rings (SSSR count). The van der Waals surface area contributed by atoms with E-state index >= 15 is 0 Å². The van der Waals surface area contributed by atoms with E-state index in [0.717, 1.165) is 16.5 Å². The van der Waals surface area contributed by atoms with Crippen LogP contribution in [0, 0.1) is 5.39 Å². The summed E-state index contributed by atoms with van der Waals surface area (Å²) in [7, 11) is -8.38. The maximum Gasteiger partial charge on any atom is 0.426 e. The summed E-state index contributed by atoms with van der Waals surface area (Å²) < 4.78 is 63.7. The second kappa shape index (κ2) is 11.5. The first kappa shape index (κ1) is 30.6. The summed E-state index contributed by atoms with van der Waals surface area (Å²) >= 11 is 0. The Bertz CT molecular complexity index is 2380. The van der Waals surface area contributed by atoms with Crippen LogP contribution >= 0.6 is 0 Å². The zero-order valence-corrected chi connectivity index (χ0v) is 26.3. The minimum absolute atomic E-state index is 0.0877. The number of aromatic hydroxyl groups is 1. The molecule has 0 unspecified atom stereocenters. The molecule has 0 atom stereocenters. The number of phenolic OH excluding ortho intramolecular Hbond substituents is 1. The highest BCUT2D eigenvalue weighted by atomic mass is 32.2. The fourth-order valence-corrected chi connectivity index (χ4v) is 7.68. The van der Waals surface area contributed by atoms with Gasteiger partial charge in [0.05, 0.1) is 0 Å². The Kier molecular flexibility index (Phi) is 7.64. The van der Waals surface area contributed by atoms with Crippen LogP contribution in [0.4, 0.5) is 5.69 Å². The number of diazo groups is 1. The molecule has 0 radical (unpaired) electrons. The van der Waals surface area contributed by atoms with E-state index in [1.807, 2.05) is 32.0 Å². The van der Waals surface area contributed by atoms with Crippen molar-refractivity contribution in [3.63, 3.8) is 0 Å². The van der Waals surface area contributed by atoms with Crippen molar-refractivity contribution in [1.29, 1.82) is 5.39 Å². The van der Waals surface area contributed by atoms with Gasteiger partial charge in [-0.25, -0.2) is 0 Å². The van der Waals surface area contributed by atoms with Crippen LogP contribution in [0.1, 0.15) is 25.0 Å². The topological polar surface area (TPSA) is 135 Å². The van der Waals surface area contributed by atoms with E-state index in [4.69, 9.17) is 13.8 Å². The van der Waals surface area contributed by atoms with Crippen LogP contribution in [0.5, 0.6) is 17.2 Å². The van der Waals surface area contributed by atoms with Crippen LogP contribution < -0.4 is 8.37 Å². The van der Waals surface area contributed by atoms with E-state index in [9.17, 15) is 21.9 Å². The van der Waals surface area contributed by atoms with Gasteiger partial charge in [0.1, 0.15) is 21.3 Å². The second-order valence-electron chi connectivity index (χ2n) is 11.1. The largest absolute Gasteiger partial charge is 0.501 e. The van der Waals surface area contributed by atoms with Gasteiger partial charge in [-0.05, 0) is 59.0 Å². The van der Waals surface area contributed by atoms with Crippen molar-refractivity contribution in [2.24, 2.45) is 0 Å². The van der Waals surface area contributed by atoms with Gasteiger partial charge >= 0.3 is 25.9 Å². The van der Waals surface area contributed by atoms with Crippen LogP contribution in [0.2, 0.25) is 0 Å². The Morgan fingerprint density at radius 1 is 0.587 bits per heavy atom. The third kappa shape index (κ3) is 5.60. The standard InChI is InChI=1S/C35H26N2O7S2/c1-35(2,24-13-17-26(18-14-24)43-45(39,40)32-11-5-8-23-7-3-4-9-28(23)32)25-15-19-27(20-16-25)44-46(41,42)33-12-6-10-30-29(33)21-22-31(37-36)34(30)38/h3-22H,1-2H3/p+1.